The molecule has 2 N–H and O–H groups in total. The van der Waals surface area contributed by atoms with Gasteiger partial charge in [-0.1, -0.05) is 6.07 Å². The van der Waals surface area contributed by atoms with E-state index in [9.17, 15) is 9.90 Å². The number of aromatic nitrogens is 2. The zero-order chi connectivity index (χ0) is 20.2. The molecule has 0 saturated carbocycles. The number of hydrogen-bond donors (Lipinski definition) is 2. The molecule has 4 rings (SSSR count). The van der Waals surface area contributed by atoms with E-state index in [1.54, 1.807) is 12.1 Å². The van der Waals surface area contributed by atoms with Crippen molar-refractivity contribution in [3.63, 3.8) is 0 Å². The molecule has 0 spiro atoms. The van der Waals surface area contributed by atoms with Crippen LogP contribution in [0.4, 0.5) is 5.82 Å². The van der Waals surface area contributed by atoms with Gasteiger partial charge in [0.15, 0.2) is 16.4 Å². The van der Waals surface area contributed by atoms with Gasteiger partial charge in [-0.05, 0) is 31.0 Å². The molecule has 3 aromatic rings. The monoisotopic (exact) mass is 413 g/mol. The zero-order valence-electron chi connectivity index (χ0n) is 15.7. The fourth-order valence-corrected chi connectivity index (χ4v) is 3.84. The van der Waals surface area contributed by atoms with Crippen LogP contribution < -0.4 is 19.5 Å². The lowest BCUT2D eigenvalue weighted by Gasteiger charge is -2.07. The molecule has 0 saturated heterocycles. The lowest BCUT2D eigenvalue weighted by molar-refractivity contribution is 0.0698. The van der Waals surface area contributed by atoms with Crippen LogP contribution in [0.15, 0.2) is 36.7 Å². The summed E-state index contributed by atoms with van der Waals surface area (Å²) >= 11 is 1.13. The van der Waals surface area contributed by atoms with Crippen LogP contribution in [0.25, 0.3) is 10.6 Å². The van der Waals surface area contributed by atoms with E-state index in [1.807, 2.05) is 25.1 Å². The van der Waals surface area contributed by atoms with Crippen molar-refractivity contribution >= 4 is 23.1 Å². The summed E-state index contributed by atoms with van der Waals surface area (Å²) in [5.41, 5.74) is 1.77. The van der Waals surface area contributed by atoms with E-state index in [1.165, 1.54) is 6.33 Å². The quantitative estimate of drug-likeness (QED) is 0.576. The standard InChI is InChI=1S/C20H19N3O5S/c1-2-26-16-9-17(29-19(16)20(24)25)13-8-18(23-10-22-13)21-6-5-12-3-4-14-15(7-12)28-11-27-14/h3-4,7-10H,2,5-6,11H2,1H3,(H,24,25)(H,21,22,23). The molecule has 0 radical (unpaired) electrons. The lowest BCUT2D eigenvalue weighted by atomic mass is 10.1. The third kappa shape index (κ3) is 4.24. The summed E-state index contributed by atoms with van der Waals surface area (Å²) in [6.07, 6.45) is 2.24. The minimum absolute atomic E-state index is 0.165. The van der Waals surface area contributed by atoms with Crippen molar-refractivity contribution in [3.8, 4) is 27.8 Å². The van der Waals surface area contributed by atoms with Gasteiger partial charge in [-0.25, -0.2) is 14.8 Å². The van der Waals surface area contributed by atoms with Gasteiger partial charge in [-0.15, -0.1) is 11.3 Å². The smallest absolute Gasteiger partial charge is 0.349 e. The number of benzene rings is 1. The highest BCUT2D eigenvalue weighted by atomic mass is 32.1. The summed E-state index contributed by atoms with van der Waals surface area (Å²) in [4.78, 5) is 20.8. The predicted octanol–water partition coefficient (Wildman–Crippen LogP) is 3.69. The number of aromatic carboxylic acids is 1. The number of anilines is 1. The molecule has 0 unspecified atom stereocenters. The van der Waals surface area contributed by atoms with Gasteiger partial charge >= 0.3 is 5.97 Å². The summed E-state index contributed by atoms with van der Waals surface area (Å²) in [5.74, 6) is 1.55. The highest BCUT2D eigenvalue weighted by Gasteiger charge is 2.18. The zero-order valence-corrected chi connectivity index (χ0v) is 16.5. The second-order valence-electron chi connectivity index (χ2n) is 6.20. The van der Waals surface area contributed by atoms with Crippen molar-refractivity contribution in [2.45, 2.75) is 13.3 Å². The Bertz CT molecular complexity index is 1040. The van der Waals surface area contributed by atoms with Crippen molar-refractivity contribution < 1.29 is 24.1 Å². The number of ether oxygens (including phenoxy) is 3. The largest absolute Gasteiger partial charge is 0.492 e. The Morgan fingerprint density at radius 3 is 2.93 bits per heavy atom. The third-order valence-electron chi connectivity index (χ3n) is 4.27. The maximum Gasteiger partial charge on any atom is 0.349 e. The molecule has 1 aliphatic heterocycles. The second kappa shape index (κ2) is 8.36. The van der Waals surface area contributed by atoms with Crippen molar-refractivity contribution in [3.05, 3.63) is 47.1 Å². The van der Waals surface area contributed by atoms with E-state index in [4.69, 9.17) is 14.2 Å². The van der Waals surface area contributed by atoms with Crippen molar-refractivity contribution in [1.29, 1.82) is 0 Å². The molecule has 0 aliphatic carbocycles. The fourth-order valence-electron chi connectivity index (χ4n) is 2.93. The highest BCUT2D eigenvalue weighted by molar-refractivity contribution is 7.17. The topological polar surface area (TPSA) is 103 Å². The Kier molecular flexibility index (Phi) is 5.48. The predicted molar refractivity (Wildman–Crippen MR) is 108 cm³/mol. The molecule has 0 amide bonds. The van der Waals surface area contributed by atoms with E-state index in [-0.39, 0.29) is 11.7 Å². The SMILES string of the molecule is CCOc1cc(-c2cc(NCCc3ccc4c(c3)OCO4)ncn2)sc1C(=O)O. The van der Waals surface area contributed by atoms with Crippen molar-refractivity contribution in [2.24, 2.45) is 0 Å². The summed E-state index contributed by atoms with van der Waals surface area (Å²) in [6, 6.07) is 9.40. The number of nitrogens with one attached hydrogen (secondary N) is 1. The van der Waals surface area contributed by atoms with E-state index < -0.39 is 5.97 Å². The number of rotatable bonds is 8. The van der Waals surface area contributed by atoms with Crippen molar-refractivity contribution in [2.75, 3.05) is 25.3 Å². The molecule has 9 heteroatoms. The summed E-state index contributed by atoms with van der Waals surface area (Å²) in [7, 11) is 0. The number of hydrogen-bond acceptors (Lipinski definition) is 8. The molecular weight excluding hydrogens is 394 g/mol. The van der Waals surface area contributed by atoms with Crippen LogP contribution in [0.5, 0.6) is 17.2 Å². The maximum absolute atomic E-state index is 11.4. The molecule has 150 valence electrons. The van der Waals surface area contributed by atoms with Gasteiger partial charge in [0, 0.05) is 18.7 Å². The molecule has 29 heavy (non-hydrogen) atoms. The average molecular weight is 413 g/mol. The molecule has 2 aromatic heterocycles. The maximum atomic E-state index is 11.4. The lowest BCUT2D eigenvalue weighted by Crippen LogP contribution is -2.06. The molecule has 1 aromatic carbocycles. The van der Waals surface area contributed by atoms with E-state index in [0.717, 1.165) is 34.8 Å². The first-order valence-electron chi connectivity index (χ1n) is 9.08. The van der Waals surface area contributed by atoms with E-state index in [0.29, 0.717) is 35.3 Å². The second-order valence-corrected chi connectivity index (χ2v) is 7.25. The minimum Gasteiger partial charge on any atom is -0.492 e. The number of carboxylic acid groups (broad SMARTS) is 1. The van der Waals surface area contributed by atoms with E-state index in [2.05, 4.69) is 15.3 Å². The molecule has 0 bridgehead atoms. The highest BCUT2D eigenvalue weighted by Crippen LogP contribution is 2.36. The Morgan fingerprint density at radius 2 is 2.10 bits per heavy atom. The van der Waals surface area contributed by atoms with Crippen LogP contribution in [0.3, 0.4) is 0 Å². The summed E-state index contributed by atoms with van der Waals surface area (Å²) in [6.45, 7) is 3.14. The van der Waals surface area contributed by atoms with Gasteiger partial charge in [0.05, 0.1) is 17.2 Å². The van der Waals surface area contributed by atoms with Gasteiger partial charge in [-0.3, -0.25) is 0 Å². The number of carbonyl (C=O) groups is 1. The van der Waals surface area contributed by atoms with Crippen LogP contribution in [0.2, 0.25) is 0 Å². The minimum atomic E-state index is -1.01. The first kappa shape index (κ1) is 19.0. The number of thiophene rings is 1. The number of nitrogens with zero attached hydrogens (tertiary/aromatic N) is 2. The molecule has 3 heterocycles. The van der Waals surface area contributed by atoms with Crippen LogP contribution in [-0.2, 0) is 6.42 Å². The first-order chi connectivity index (χ1) is 14.1. The Hall–Kier alpha value is -3.33. The van der Waals surface area contributed by atoms with Crippen LogP contribution in [0.1, 0.15) is 22.2 Å². The first-order valence-corrected chi connectivity index (χ1v) is 9.90. The summed E-state index contributed by atoms with van der Waals surface area (Å²) in [5, 5.41) is 12.6. The Morgan fingerprint density at radius 1 is 1.24 bits per heavy atom. The molecule has 8 nitrogen and oxygen atoms in total. The molecular formula is C20H19N3O5S. The number of fused-ring (bicyclic) bond motifs is 1. The average Bonchev–Trinajstić information content (AvgIpc) is 3.35. The molecule has 0 atom stereocenters. The van der Waals surface area contributed by atoms with Crippen LogP contribution in [0, 0.1) is 0 Å². The fraction of sp³-hybridized carbons (Fsp3) is 0.250. The van der Waals surface area contributed by atoms with Gasteiger partial charge in [0.25, 0.3) is 0 Å². The van der Waals surface area contributed by atoms with E-state index >= 15 is 0 Å². The van der Waals surface area contributed by atoms with Gasteiger partial charge in [0.2, 0.25) is 6.79 Å². The van der Waals surface area contributed by atoms with Gasteiger partial charge in [-0.2, -0.15) is 0 Å². The Balaban J connectivity index is 1.44. The van der Waals surface area contributed by atoms with Crippen LogP contribution in [-0.4, -0.2) is 41.0 Å². The molecule has 0 fully saturated rings. The normalized spacial score (nSPS) is 12.0. The van der Waals surface area contributed by atoms with Gasteiger partial charge < -0.3 is 24.6 Å². The number of carboxylic acids is 1. The van der Waals surface area contributed by atoms with Crippen molar-refractivity contribution in [1.82, 2.24) is 9.97 Å². The van der Waals surface area contributed by atoms with Crippen LogP contribution >= 0.6 is 11.3 Å². The Labute approximate surface area is 171 Å². The third-order valence-corrected chi connectivity index (χ3v) is 5.40. The summed E-state index contributed by atoms with van der Waals surface area (Å²) < 4.78 is 16.2. The van der Waals surface area contributed by atoms with Gasteiger partial charge in [0.1, 0.15) is 17.9 Å². The molecule has 1 aliphatic rings.